The molecule has 7 nitrogen and oxygen atoms in total. The third kappa shape index (κ3) is 5.41. The topological polar surface area (TPSA) is 90.9 Å². The molecule has 0 saturated carbocycles. The van der Waals surface area contributed by atoms with E-state index in [-0.39, 0.29) is 33.7 Å². The number of thiophene rings is 1. The number of rotatable bonds is 7. The van der Waals surface area contributed by atoms with Crippen molar-refractivity contribution in [3.63, 3.8) is 0 Å². The molecule has 0 saturated heterocycles. The summed E-state index contributed by atoms with van der Waals surface area (Å²) in [6.45, 7) is 4.76. The van der Waals surface area contributed by atoms with Gasteiger partial charge in [-0.3, -0.25) is 4.79 Å². The minimum absolute atomic E-state index is 0.103. The number of benzene rings is 1. The van der Waals surface area contributed by atoms with E-state index in [0.29, 0.717) is 21.9 Å². The van der Waals surface area contributed by atoms with E-state index in [1.165, 1.54) is 13.2 Å². The van der Waals surface area contributed by atoms with Crippen molar-refractivity contribution in [3.05, 3.63) is 43.7 Å². The Morgan fingerprint density at radius 3 is 2.41 bits per heavy atom. The maximum absolute atomic E-state index is 12.4. The summed E-state index contributed by atoms with van der Waals surface area (Å²) in [5.41, 5.74) is 1.14. The van der Waals surface area contributed by atoms with Gasteiger partial charge in [0.1, 0.15) is 15.6 Å². The Balaban J connectivity index is 2.23. The van der Waals surface area contributed by atoms with Crippen molar-refractivity contribution in [3.8, 4) is 5.75 Å². The van der Waals surface area contributed by atoms with Gasteiger partial charge in [0.25, 0.3) is 5.91 Å². The van der Waals surface area contributed by atoms with Crippen LogP contribution in [-0.2, 0) is 14.3 Å². The molecule has 10 heteroatoms. The molecule has 0 radical (unpaired) electrons. The van der Waals surface area contributed by atoms with Gasteiger partial charge in [-0.25, -0.2) is 9.59 Å². The number of methoxy groups -OCH3 is 1. The Bertz CT molecular complexity index is 933. The maximum Gasteiger partial charge on any atom is 0.348 e. The van der Waals surface area contributed by atoms with E-state index in [4.69, 9.17) is 37.4 Å². The summed E-state index contributed by atoms with van der Waals surface area (Å²) in [5, 5.41) is 3.49. The van der Waals surface area contributed by atoms with E-state index >= 15 is 0 Å². The van der Waals surface area contributed by atoms with Crippen LogP contribution >= 0.6 is 34.5 Å². The lowest BCUT2D eigenvalue weighted by molar-refractivity contribution is -0.118. The van der Waals surface area contributed by atoms with Gasteiger partial charge in [0, 0.05) is 5.02 Å². The number of hydrogen-bond acceptors (Lipinski definition) is 7. The average Bonchev–Trinajstić information content (AvgIpc) is 2.96. The molecule has 1 aromatic heterocycles. The standard InChI is InChI=1S/C19H19Cl2NO6S/c1-5-27-18(24)14-10(3)16(19(25)26-4)29-17(14)22-13(23)8-28-15-9(2)6-11(20)7-12(15)21/h6-7H,5,8H2,1-4H3,(H,22,23). The lowest BCUT2D eigenvalue weighted by Crippen LogP contribution is -2.21. The first-order valence-electron chi connectivity index (χ1n) is 8.46. The largest absolute Gasteiger partial charge is 0.482 e. The Morgan fingerprint density at radius 1 is 1.14 bits per heavy atom. The van der Waals surface area contributed by atoms with Gasteiger partial charge in [0.2, 0.25) is 0 Å². The average molecular weight is 460 g/mol. The van der Waals surface area contributed by atoms with E-state index in [0.717, 1.165) is 11.3 Å². The van der Waals surface area contributed by atoms with Crippen molar-refractivity contribution in [2.24, 2.45) is 0 Å². The van der Waals surface area contributed by atoms with E-state index in [1.807, 2.05) is 0 Å². The maximum atomic E-state index is 12.4. The molecule has 0 aliphatic rings. The predicted octanol–water partition coefficient (Wildman–Crippen LogP) is 4.65. The van der Waals surface area contributed by atoms with Gasteiger partial charge in [0.05, 0.1) is 24.3 Å². The highest BCUT2D eigenvalue weighted by molar-refractivity contribution is 7.18. The van der Waals surface area contributed by atoms with Crippen LogP contribution in [0.3, 0.4) is 0 Å². The number of hydrogen-bond donors (Lipinski definition) is 1. The second-order valence-electron chi connectivity index (χ2n) is 5.84. The van der Waals surface area contributed by atoms with Crippen molar-refractivity contribution in [2.45, 2.75) is 20.8 Å². The number of carbonyl (C=O) groups excluding carboxylic acids is 3. The van der Waals surface area contributed by atoms with Gasteiger partial charge in [-0.2, -0.15) is 0 Å². The van der Waals surface area contributed by atoms with Gasteiger partial charge in [-0.05, 0) is 44.0 Å². The van der Waals surface area contributed by atoms with E-state index < -0.39 is 17.8 Å². The summed E-state index contributed by atoms with van der Waals surface area (Å²) < 4.78 is 15.3. The molecule has 0 aliphatic heterocycles. The first-order valence-corrected chi connectivity index (χ1v) is 10.0. The van der Waals surface area contributed by atoms with Gasteiger partial charge >= 0.3 is 11.9 Å². The lowest BCUT2D eigenvalue weighted by atomic mass is 10.1. The highest BCUT2D eigenvalue weighted by atomic mass is 35.5. The second kappa shape index (κ2) is 9.96. The van der Waals surface area contributed by atoms with Crippen LogP contribution in [0.25, 0.3) is 0 Å². The molecule has 2 rings (SSSR count). The molecule has 0 spiro atoms. The highest BCUT2D eigenvalue weighted by Gasteiger charge is 2.27. The summed E-state index contributed by atoms with van der Waals surface area (Å²) >= 11 is 12.9. The number of aryl methyl sites for hydroxylation is 1. The Kier molecular flexibility index (Phi) is 7.89. The molecular weight excluding hydrogens is 441 g/mol. The molecule has 2 aromatic rings. The van der Waals surface area contributed by atoms with Crippen LogP contribution in [0.15, 0.2) is 12.1 Å². The van der Waals surface area contributed by atoms with Crippen molar-refractivity contribution < 1.29 is 28.6 Å². The lowest BCUT2D eigenvalue weighted by Gasteiger charge is -2.12. The molecule has 1 heterocycles. The van der Waals surface area contributed by atoms with Crippen LogP contribution < -0.4 is 10.1 Å². The molecule has 0 atom stereocenters. The van der Waals surface area contributed by atoms with Gasteiger partial charge < -0.3 is 19.5 Å². The third-order valence-corrected chi connectivity index (χ3v) is 5.48. The van der Waals surface area contributed by atoms with Crippen LogP contribution in [0.5, 0.6) is 5.75 Å². The first kappa shape index (κ1) is 23.0. The summed E-state index contributed by atoms with van der Waals surface area (Å²) in [4.78, 5) is 36.9. The first-order chi connectivity index (χ1) is 13.7. The van der Waals surface area contributed by atoms with Gasteiger partial charge in [0.15, 0.2) is 6.61 Å². The molecule has 0 unspecified atom stereocenters. The number of carbonyl (C=O) groups is 3. The Morgan fingerprint density at radius 2 is 1.83 bits per heavy atom. The van der Waals surface area contributed by atoms with Crippen molar-refractivity contribution in [1.29, 1.82) is 0 Å². The smallest absolute Gasteiger partial charge is 0.348 e. The zero-order chi connectivity index (χ0) is 21.7. The molecule has 29 heavy (non-hydrogen) atoms. The SMILES string of the molecule is CCOC(=O)c1c(NC(=O)COc2c(C)cc(Cl)cc2Cl)sc(C(=O)OC)c1C. The van der Waals surface area contributed by atoms with Crippen LogP contribution in [0, 0.1) is 13.8 Å². The molecule has 1 amide bonds. The van der Waals surface area contributed by atoms with E-state index in [9.17, 15) is 14.4 Å². The fraction of sp³-hybridized carbons (Fsp3) is 0.316. The molecular formula is C19H19Cl2NO6S. The zero-order valence-electron chi connectivity index (χ0n) is 16.2. The summed E-state index contributed by atoms with van der Waals surface area (Å²) in [6, 6.07) is 3.16. The molecule has 1 N–H and O–H groups in total. The Hall–Kier alpha value is -2.29. The fourth-order valence-corrected chi connectivity index (χ4v) is 4.29. The quantitative estimate of drug-likeness (QED) is 0.605. The number of halogens is 2. The third-order valence-electron chi connectivity index (χ3n) is 3.79. The molecule has 0 bridgehead atoms. The normalized spacial score (nSPS) is 10.4. The number of esters is 2. The molecule has 0 fully saturated rings. The van der Waals surface area contributed by atoms with Crippen LogP contribution in [0.2, 0.25) is 10.0 Å². The molecule has 156 valence electrons. The number of anilines is 1. The van der Waals surface area contributed by atoms with Crippen LogP contribution in [0.4, 0.5) is 5.00 Å². The van der Waals surface area contributed by atoms with E-state index in [1.54, 1.807) is 26.8 Å². The summed E-state index contributed by atoms with van der Waals surface area (Å²) in [6.07, 6.45) is 0. The Labute approximate surface area is 181 Å². The minimum atomic E-state index is -0.649. The minimum Gasteiger partial charge on any atom is -0.482 e. The molecule has 1 aromatic carbocycles. The zero-order valence-corrected chi connectivity index (χ0v) is 18.5. The van der Waals surface area contributed by atoms with Crippen molar-refractivity contribution in [1.82, 2.24) is 0 Å². The van der Waals surface area contributed by atoms with Gasteiger partial charge in [-0.15, -0.1) is 11.3 Å². The highest BCUT2D eigenvalue weighted by Crippen LogP contribution is 2.35. The number of nitrogens with one attached hydrogen (secondary N) is 1. The fourth-order valence-electron chi connectivity index (χ4n) is 2.51. The number of amides is 1. The predicted molar refractivity (Wildman–Crippen MR) is 112 cm³/mol. The monoisotopic (exact) mass is 459 g/mol. The van der Waals surface area contributed by atoms with Crippen LogP contribution in [-0.4, -0.2) is 38.2 Å². The van der Waals surface area contributed by atoms with Crippen molar-refractivity contribution in [2.75, 3.05) is 25.6 Å². The summed E-state index contributed by atoms with van der Waals surface area (Å²) in [5.74, 6) is -1.48. The van der Waals surface area contributed by atoms with E-state index in [2.05, 4.69) is 5.32 Å². The molecule has 0 aliphatic carbocycles. The van der Waals surface area contributed by atoms with Gasteiger partial charge in [-0.1, -0.05) is 23.2 Å². The summed E-state index contributed by atoms with van der Waals surface area (Å²) in [7, 11) is 1.23. The number of ether oxygens (including phenoxy) is 3. The van der Waals surface area contributed by atoms with Crippen LogP contribution in [0.1, 0.15) is 38.1 Å². The van der Waals surface area contributed by atoms with Crippen molar-refractivity contribution >= 4 is 57.4 Å². The second-order valence-corrected chi connectivity index (χ2v) is 7.71.